The Kier molecular flexibility index (Phi) is 3.67. The Morgan fingerprint density at radius 2 is 1.86 bits per heavy atom. The minimum absolute atomic E-state index is 0.457. The van der Waals surface area contributed by atoms with E-state index in [0.717, 1.165) is 11.6 Å². The van der Waals surface area contributed by atoms with Crippen molar-refractivity contribution in [1.29, 1.82) is 0 Å². The van der Waals surface area contributed by atoms with Gasteiger partial charge in [-0.1, -0.05) is 56.0 Å². The quantitative estimate of drug-likeness (QED) is 0.696. The molecule has 1 N–H and O–H groups in total. The lowest BCUT2D eigenvalue weighted by atomic mass is 9.86. The highest BCUT2D eigenvalue weighted by atomic mass is 14.9. The van der Waals surface area contributed by atoms with Crippen LogP contribution in [0.15, 0.2) is 54.7 Å². The Bertz CT molecular complexity index is 706. The maximum Gasteiger partial charge on any atom is 0.137 e. The van der Waals surface area contributed by atoms with Gasteiger partial charge in [0.2, 0.25) is 0 Å². The van der Waals surface area contributed by atoms with Gasteiger partial charge in [-0.2, -0.15) is 0 Å². The van der Waals surface area contributed by atoms with Gasteiger partial charge in [0.15, 0.2) is 0 Å². The van der Waals surface area contributed by atoms with Crippen molar-refractivity contribution in [3.8, 4) is 0 Å². The molecule has 2 heteroatoms. The summed E-state index contributed by atoms with van der Waals surface area (Å²) in [4.78, 5) is 8.01. The molecule has 1 saturated carbocycles. The van der Waals surface area contributed by atoms with E-state index in [1.54, 1.807) is 0 Å². The molecule has 2 nitrogen and oxygen atoms in total. The van der Waals surface area contributed by atoms with Crippen molar-refractivity contribution in [2.45, 2.75) is 38.0 Å². The first-order valence-electron chi connectivity index (χ1n) is 8.39. The molecule has 1 atom stereocenters. The molecule has 1 aliphatic rings. The molecule has 0 radical (unpaired) electrons. The minimum Gasteiger partial charge on any atom is -0.343 e. The van der Waals surface area contributed by atoms with E-state index in [0.29, 0.717) is 5.92 Å². The number of fused-ring (bicyclic) bond motifs is 1. The van der Waals surface area contributed by atoms with Gasteiger partial charge in [-0.05, 0) is 36.1 Å². The number of pyridine rings is 1. The molecule has 4 rings (SSSR count). The first kappa shape index (κ1) is 13.6. The number of hydrogen-bond donors (Lipinski definition) is 1. The monoisotopic (exact) mass is 290 g/mol. The van der Waals surface area contributed by atoms with Gasteiger partial charge in [0, 0.05) is 23.2 Å². The molecule has 2 heterocycles. The van der Waals surface area contributed by atoms with Crippen molar-refractivity contribution >= 4 is 11.0 Å². The van der Waals surface area contributed by atoms with Crippen molar-refractivity contribution in [2.24, 2.45) is 5.92 Å². The SMILES string of the molecule is c1ccc(C(CC2CCCC2)c2cc3cccnc3[nH]2)cc1. The zero-order valence-corrected chi connectivity index (χ0v) is 12.8. The molecule has 1 unspecified atom stereocenters. The smallest absolute Gasteiger partial charge is 0.137 e. The van der Waals surface area contributed by atoms with E-state index in [2.05, 4.69) is 52.4 Å². The molecule has 1 aromatic carbocycles. The molecule has 3 aromatic rings. The van der Waals surface area contributed by atoms with Gasteiger partial charge >= 0.3 is 0 Å². The Hall–Kier alpha value is -2.09. The van der Waals surface area contributed by atoms with Crippen LogP contribution in [-0.2, 0) is 0 Å². The molecule has 0 saturated heterocycles. The van der Waals surface area contributed by atoms with Crippen LogP contribution in [0.3, 0.4) is 0 Å². The van der Waals surface area contributed by atoms with Gasteiger partial charge in [0.1, 0.15) is 5.65 Å². The predicted octanol–water partition coefficient (Wildman–Crippen LogP) is 5.28. The molecule has 1 fully saturated rings. The fourth-order valence-electron chi connectivity index (χ4n) is 3.87. The second kappa shape index (κ2) is 5.96. The second-order valence-electron chi connectivity index (χ2n) is 6.52. The summed E-state index contributed by atoms with van der Waals surface area (Å²) in [5, 5.41) is 1.21. The van der Waals surface area contributed by atoms with Crippen LogP contribution >= 0.6 is 0 Å². The number of hydrogen-bond acceptors (Lipinski definition) is 1. The van der Waals surface area contributed by atoms with Crippen molar-refractivity contribution in [3.05, 3.63) is 66.0 Å². The Labute approximate surface area is 131 Å². The molecule has 22 heavy (non-hydrogen) atoms. The van der Waals surface area contributed by atoms with Crippen LogP contribution in [-0.4, -0.2) is 9.97 Å². The zero-order chi connectivity index (χ0) is 14.8. The summed E-state index contributed by atoms with van der Waals surface area (Å²) < 4.78 is 0. The number of H-pyrrole nitrogens is 1. The van der Waals surface area contributed by atoms with Crippen LogP contribution < -0.4 is 0 Å². The summed E-state index contributed by atoms with van der Waals surface area (Å²) >= 11 is 0. The number of nitrogens with zero attached hydrogens (tertiary/aromatic N) is 1. The lowest BCUT2D eigenvalue weighted by molar-refractivity contribution is 0.469. The molecule has 0 spiro atoms. The average Bonchev–Trinajstić information content (AvgIpc) is 3.22. The van der Waals surface area contributed by atoms with E-state index in [9.17, 15) is 0 Å². The summed E-state index contributed by atoms with van der Waals surface area (Å²) in [6, 6.07) is 17.4. The predicted molar refractivity (Wildman–Crippen MR) is 91.0 cm³/mol. The van der Waals surface area contributed by atoms with Crippen molar-refractivity contribution in [1.82, 2.24) is 9.97 Å². The zero-order valence-electron chi connectivity index (χ0n) is 12.8. The van der Waals surface area contributed by atoms with Gasteiger partial charge in [0.25, 0.3) is 0 Å². The molecular weight excluding hydrogens is 268 g/mol. The second-order valence-corrected chi connectivity index (χ2v) is 6.52. The van der Waals surface area contributed by atoms with E-state index in [1.807, 2.05) is 12.3 Å². The fourth-order valence-corrected chi connectivity index (χ4v) is 3.87. The van der Waals surface area contributed by atoms with E-state index < -0.39 is 0 Å². The summed E-state index contributed by atoms with van der Waals surface area (Å²) in [6.07, 6.45) is 8.69. The number of rotatable bonds is 4. The van der Waals surface area contributed by atoms with E-state index in [4.69, 9.17) is 0 Å². The Morgan fingerprint density at radius 1 is 1.05 bits per heavy atom. The van der Waals surface area contributed by atoms with Gasteiger partial charge in [-0.3, -0.25) is 0 Å². The molecule has 112 valence electrons. The van der Waals surface area contributed by atoms with Crippen LogP contribution in [0.2, 0.25) is 0 Å². The maximum atomic E-state index is 4.45. The van der Waals surface area contributed by atoms with Crippen LogP contribution in [0.25, 0.3) is 11.0 Å². The van der Waals surface area contributed by atoms with Crippen molar-refractivity contribution < 1.29 is 0 Å². The molecule has 0 amide bonds. The lowest BCUT2D eigenvalue weighted by Gasteiger charge is -2.20. The van der Waals surface area contributed by atoms with Crippen LogP contribution in [0.5, 0.6) is 0 Å². The molecule has 1 aliphatic carbocycles. The molecule has 0 aliphatic heterocycles. The number of nitrogens with one attached hydrogen (secondary N) is 1. The highest BCUT2D eigenvalue weighted by molar-refractivity contribution is 5.76. The van der Waals surface area contributed by atoms with E-state index in [1.165, 1.54) is 48.7 Å². The molecular formula is C20H22N2. The highest BCUT2D eigenvalue weighted by Crippen LogP contribution is 2.38. The van der Waals surface area contributed by atoms with E-state index >= 15 is 0 Å². The van der Waals surface area contributed by atoms with Gasteiger partial charge < -0.3 is 4.98 Å². The maximum absolute atomic E-state index is 4.45. The van der Waals surface area contributed by atoms with Gasteiger partial charge in [-0.25, -0.2) is 4.98 Å². The number of aromatic amines is 1. The molecule has 0 bridgehead atoms. The van der Waals surface area contributed by atoms with Gasteiger partial charge in [0.05, 0.1) is 0 Å². The fraction of sp³-hybridized carbons (Fsp3) is 0.350. The summed E-state index contributed by atoms with van der Waals surface area (Å²) in [7, 11) is 0. The first-order chi connectivity index (χ1) is 10.9. The summed E-state index contributed by atoms with van der Waals surface area (Å²) in [5.74, 6) is 1.32. The Morgan fingerprint density at radius 3 is 2.64 bits per heavy atom. The standard InChI is InChI=1S/C20H22N2/c1-2-9-16(10-3-1)18(13-15-7-4-5-8-15)19-14-17-11-6-12-21-20(17)22-19/h1-3,6,9-12,14-15,18H,4-5,7-8,13H2,(H,21,22). The first-order valence-corrected chi connectivity index (χ1v) is 8.39. The largest absolute Gasteiger partial charge is 0.343 e. The Balaban J connectivity index is 1.72. The minimum atomic E-state index is 0.457. The summed E-state index contributed by atoms with van der Waals surface area (Å²) in [5.41, 5.74) is 3.73. The number of benzene rings is 1. The number of aromatic nitrogens is 2. The van der Waals surface area contributed by atoms with Crippen molar-refractivity contribution in [2.75, 3.05) is 0 Å². The normalized spacial score (nSPS) is 17.1. The third kappa shape index (κ3) is 2.66. The van der Waals surface area contributed by atoms with Crippen LogP contribution in [0.1, 0.15) is 49.3 Å². The topological polar surface area (TPSA) is 28.7 Å². The van der Waals surface area contributed by atoms with Crippen molar-refractivity contribution in [3.63, 3.8) is 0 Å². The molecule has 2 aromatic heterocycles. The van der Waals surface area contributed by atoms with Gasteiger partial charge in [-0.15, -0.1) is 0 Å². The van der Waals surface area contributed by atoms with Crippen LogP contribution in [0, 0.1) is 5.92 Å². The third-order valence-corrected chi connectivity index (χ3v) is 5.03. The summed E-state index contributed by atoms with van der Waals surface area (Å²) in [6.45, 7) is 0. The average molecular weight is 290 g/mol. The highest BCUT2D eigenvalue weighted by Gasteiger charge is 2.23. The van der Waals surface area contributed by atoms with E-state index in [-0.39, 0.29) is 0 Å². The van der Waals surface area contributed by atoms with Crippen LogP contribution in [0.4, 0.5) is 0 Å². The third-order valence-electron chi connectivity index (χ3n) is 5.03. The lowest BCUT2D eigenvalue weighted by Crippen LogP contribution is -2.07.